The lowest BCUT2D eigenvalue weighted by Gasteiger charge is -2.42. The number of hydrogen-bond donors (Lipinski definition) is 4. The molecule has 4 heteroatoms. The maximum absolute atomic E-state index is 10.6. The Kier molecular flexibility index (Phi) is 6.49. The molecule has 0 spiro atoms. The highest BCUT2D eigenvalue weighted by Gasteiger charge is 2.44. The summed E-state index contributed by atoms with van der Waals surface area (Å²) < 4.78 is 0. The molecule has 4 rings (SSSR count). The van der Waals surface area contributed by atoms with Gasteiger partial charge < -0.3 is 20.4 Å². The third kappa shape index (κ3) is 3.74. The van der Waals surface area contributed by atoms with Gasteiger partial charge >= 0.3 is 0 Å². The number of aromatic hydroxyl groups is 4. The normalized spacial score (nSPS) is 11.7. The van der Waals surface area contributed by atoms with Crippen LogP contribution in [0.4, 0.5) is 0 Å². The molecular weight excluding hydrogens is 460 g/mol. The lowest BCUT2D eigenvalue weighted by Crippen LogP contribution is -2.35. The van der Waals surface area contributed by atoms with Gasteiger partial charge in [0.05, 0.1) is 5.41 Å². The highest BCUT2D eigenvalue weighted by molar-refractivity contribution is 5.70. The van der Waals surface area contributed by atoms with E-state index in [1.54, 1.807) is 24.3 Å². The summed E-state index contributed by atoms with van der Waals surface area (Å²) in [5.74, 6) is 0.911. The van der Waals surface area contributed by atoms with Gasteiger partial charge in [0.2, 0.25) is 0 Å². The van der Waals surface area contributed by atoms with Crippen molar-refractivity contribution in [1.82, 2.24) is 0 Å². The summed E-state index contributed by atoms with van der Waals surface area (Å²) in [4.78, 5) is 0. The van der Waals surface area contributed by atoms with Crippen LogP contribution < -0.4 is 0 Å². The number of benzene rings is 4. The standard InChI is InChI=1S/C33H36O4/c1-17-21(5)29(34)13-9-25(17)33(26-10-14-30(35)22(6)18(26)2,27-11-15-31(36)23(7)19(27)3)28-12-16-32(37)24(8)20(28)4/h9-16,34-37H,1-8H3. The Hall–Kier alpha value is -3.92. The van der Waals surface area contributed by atoms with E-state index < -0.39 is 5.41 Å². The van der Waals surface area contributed by atoms with E-state index in [9.17, 15) is 20.4 Å². The van der Waals surface area contributed by atoms with Crippen molar-refractivity contribution < 1.29 is 20.4 Å². The van der Waals surface area contributed by atoms with Crippen LogP contribution in [0.2, 0.25) is 0 Å². The Balaban J connectivity index is 2.39. The van der Waals surface area contributed by atoms with Crippen LogP contribution in [0.5, 0.6) is 23.0 Å². The predicted molar refractivity (Wildman–Crippen MR) is 149 cm³/mol. The molecule has 0 radical (unpaired) electrons. The molecule has 0 atom stereocenters. The minimum absolute atomic E-state index is 0.228. The summed E-state index contributed by atoms with van der Waals surface area (Å²) in [6.45, 7) is 15.7. The topological polar surface area (TPSA) is 80.9 Å². The number of phenolic OH excluding ortho intramolecular Hbond substituents is 4. The fourth-order valence-electron chi connectivity index (χ4n) is 5.72. The molecule has 4 N–H and O–H groups in total. The molecule has 0 unspecified atom stereocenters. The Morgan fingerprint density at radius 3 is 0.703 bits per heavy atom. The zero-order valence-electron chi connectivity index (χ0n) is 22.9. The quantitative estimate of drug-likeness (QED) is 0.223. The summed E-state index contributed by atoms with van der Waals surface area (Å²) in [6, 6.07) is 14.8. The Bertz CT molecular complexity index is 1310. The van der Waals surface area contributed by atoms with Gasteiger partial charge in [-0.2, -0.15) is 0 Å². The van der Waals surface area contributed by atoms with Gasteiger partial charge in [-0.15, -0.1) is 0 Å². The van der Waals surface area contributed by atoms with Gasteiger partial charge in [-0.3, -0.25) is 0 Å². The van der Waals surface area contributed by atoms with Crippen LogP contribution >= 0.6 is 0 Å². The molecule has 192 valence electrons. The van der Waals surface area contributed by atoms with E-state index in [4.69, 9.17) is 0 Å². The first-order valence-electron chi connectivity index (χ1n) is 12.5. The molecule has 0 bridgehead atoms. The lowest BCUT2D eigenvalue weighted by molar-refractivity contribution is 0.468. The molecule has 0 amide bonds. The van der Waals surface area contributed by atoms with Crippen molar-refractivity contribution in [2.24, 2.45) is 0 Å². The van der Waals surface area contributed by atoms with Gasteiger partial charge in [0.1, 0.15) is 23.0 Å². The van der Waals surface area contributed by atoms with E-state index in [-0.39, 0.29) is 23.0 Å². The zero-order chi connectivity index (χ0) is 27.4. The molecule has 0 heterocycles. The van der Waals surface area contributed by atoms with Crippen LogP contribution in [0, 0.1) is 55.4 Å². The Morgan fingerprint density at radius 1 is 0.324 bits per heavy atom. The van der Waals surface area contributed by atoms with Crippen molar-refractivity contribution in [1.29, 1.82) is 0 Å². The molecular formula is C33H36O4. The van der Waals surface area contributed by atoms with Crippen LogP contribution in [-0.4, -0.2) is 20.4 Å². The molecule has 4 aromatic rings. The van der Waals surface area contributed by atoms with E-state index in [1.807, 2.05) is 79.7 Å². The van der Waals surface area contributed by atoms with Crippen molar-refractivity contribution in [2.45, 2.75) is 60.8 Å². The van der Waals surface area contributed by atoms with Crippen LogP contribution in [0.25, 0.3) is 0 Å². The number of rotatable bonds is 4. The van der Waals surface area contributed by atoms with Crippen LogP contribution in [-0.2, 0) is 5.41 Å². The third-order valence-corrected chi connectivity index (χ3v) is 8.65. The van der Waals surface area contributed by atoms with Gasteiger partial charge in [0.15, 0.2) is 0 Å². The second kappa shape index (κ2) is 9.19. The van der Waals surface area contributed by atoms with E-state index >= 15 is 0 Å². The molecule has 0 aromatic heterocycles. The molecule has 0 aliphatic heterocycles. The van der Waals surface area contributed by atoms with Gasteiger partial charge in [-0.05, 0) is 146 Å². The molecule has 4 aromatic carbocycles. The minimum atomic E-state index is -0.879. The van der Waals surface area contributed by atoms with E-state index in [2.05, 4.69) is 0 Å². The average Bonchev–Trinajstić information content (AvgIpc) is 2.86. The SMILES string of the molecule is Cc1c(O)ccc(C(c2ccc(O)c(C)c2C)(c2ccc(O)c(C)c2C)c2ccc(O)c(C)c2C)c1C. The second-order valence-corrected chi connectivity index (χ2v) is 10.3. The Labute approximate surface area is 219 Å². The summed E-state index contributed by atoms with van der Waals surface area (Å²) in [7, 11) is 0. The second-order valence-electron chi connectivity index (χ2n) is 10.3. The van der Waals surface area contributed by atoms with E-state index in [0.29, 0.717) is 0 Å². The first-order chi connectivity index (χ1) is 17.3. The summed E-state index contributed by atoms with van der Waals surface area (Å²) in [5, 5.41) is 42.4. The van der Waals surface area contributed by atoms with E-state index in [1.165, 1.54) is 0 Å². The third-order valence-electron chi connectivity index (χ3n) is 8.65. The largest absolute Gasteiger partial charge is 0.508 e. The lowest BCUT2D eigenvalue weighted by atomic mass is 9.60. The first-order valence-corrected chi connectivity index (χ1v) is 12.5. The Morgan fingerprint density at radius 2 is 0.514 bits per heavy atom. The van der Waals surface area contributed by atoms with Gasteiger partial charge in [-0.1, -0.05) is 24.3 Å². The van der Waals surface area contributed by atoms with Crippen LogP contribution in [0.15, 0.2) is 48.5 Å². The first kappa shape index (κ1) is 26.2. The molecule has 4 nitrogen and oxygen atoms in total. The monoisotopic (exact) mass is 496 g/mol. The minimum Gasteiger partial charge on any atom is -0.508 e. The van der Waals surface area contributed by atoms with Crippen molar-refractivity contribution in [3.8, 4) is 23.0 Å². The number of phenols is 4. The van der Waals surface area contributed by atoms with Crippen molar-refractivity contribution >= 4 is 0 Å². The molecule has 0 saturated heterocycles. The molecule has 0 saturated carbocycles. The van der Waals surface area contributed by atoms with Gasteiger partial charge in [-0.25, -0.2) is 0 Å². The molecule has 37 heavy (non-hydrogen) atoms. The number of hydrogen-bond acceptors (Lipinski definition) is 4. The van der Waals surface area contributed by atoms with Crippen molar-refractivity contribution in [3.63, 3.8) is 0 Å². The van der Waals surface area contributed by atoms with Crippen molar-refractivity contribution in [3.05, 3.63) is 115 Å². The fraction of sp³-hybridized carbons (Fsp3) is 0.273. The van der Waals surface area contributed by atoms with E-state index in [0.717, 1.165) is 66.8 Å². The maximum atomic E-state index is 10.6. The zero-order valence-corrected chi connectivity index (χ0v) is 22.9. The van der Waals surface area contributed by atoms with Crippen molar-refractivity contribution in [2.75, 3.05) is 0 Å². The summed E-state index contributed by atoms with van der Waals surface area (Å²) >= 11 is 0. The summed E-state index contributed by atoms with van der Waals surface area (Å²) in [6.07, 6.45) is 0. The average molecular weight is 497 g/mol. The molecule has 0 fully saturated rings. The highest BCUT2D eigenvalue weighted by atomic mass is 16.3. The predicted octanol–water partition coefficient (Wildman–Crippen LogP) is 7.36. The highest BCUT2D eigenvalue weighted by Crippen LogP contribution is 2.52. The van der Waals surface area contributed by atoms with Crippen LogP contribution in [0.1, 0.15) is 66.8 Å². The van der Waals surface area contributed by atoms with Gasteiger partial charge in [0, 0.05) is 0 Å². The molecule has 0 aliphatic rings. The van der Waals surface area contributed by atoms with Crippen LogP contribution in [0.3, 0.4) is 0 Å². The summed E-state index contributed by atoms with van der Waals surface area (Å²) in [5.41, 5.74) is 9.99. The smallest absolute Gasteiger partial charge is 0.118 e. The van der Waals surface area contributed by atoms with Gasteiger partial charge in [0.25, 0.3) is 0 Å². The maximum Gasteiger partial charge on any atom is 0.118 e. The molecule has 0 aliphatic carbocycles. The fourth-order valence-corrected chi connectivity index (χ4v) is 5.72.